The number of amides is 1. The maximum atomic E-state index is 11.6. The average molecular weight is 444 g/mol. The van der Waals surface area contributed by atoms with E-state index in [1.807, 2.05) is 43.3 Å². The molecule has 2 aliphatic rings. The summed E-state index contributed by atoms with van der Waals surface area (Å²) in [4.78, 5) is 28.4. The van der Waals surface area contributed by atoms with Gasteiger partial charge < -0.3 is 15.5 Å². The SMILES string of the molecule is C=CC(=O)Nc1cccc(CN2CCc3c(C)nc(Nc4ccc5c(c4)N(O)OC5)nc32)c1. The second kappa shape index (κ2) is 8.53. The van der Waals surface area contributed by atoms with Crippen LogP contribution in [-0.4, -0.2) is 27.6 Å². The Bertz CT molecular complexity index is 1240. The first-order chi connectivity index (χ1) is 16.0. The molecule has 9 heteroatoms. The molecule has 0 spiro atoms. The number of carbonyl (C=O) groups is 1. The van der Waals surface area contributed by atoms with E-state index in [0.717, 1.165) is 57.8 Å². The minimum absolute atomic E-state index is 0.236. The first-order valence-corrected chi connectivity index (χ1v) is 10.7. The number of aryl methyl sites for hydroxylation is 1. The van der Waals surface area contributed by atoms with Gasteiger partial charge in [0.2, 0.25) is 11.9 Å². The lowest BCUT2D eigenvalue weighted by Gasteiger charge is -2.20. The highest BCUT2D eigenvalue weighted by atomic mass is 16.9. The first kappa shape index (κ1) is 20.9. The molecule has 3 N–H and O–H groups in total. The highest BCUT2D eigenvalue weighted by molar-refractivity contribution is 5.98. The normalized spacial score (nSPS) is 14.1. The summed E-state index contributed by atoms with van der Waals surface area (Å²) in [5.41, 5.74) is 6.14. The molecule has 2 aliphatic heterocycles. The highest BCUT2D eigenvalue weighted by Gasteiger charge is 2.25. The molecule has 2 aromatic carbocycles. The third kappa shape index (κ3) is 4.23. The summed E-state index contributed by atoms with van der Waals surface area (Å²) in [7, 11) is 0. The van der Waals surface area contributed by atoms with Crippen molar-refractivity contribution in [2.45, 2.75) is 26.5 Å². The molecule has 0 radical (unpaired) electrons. The zero-order chi connectivity index (χ0) is 22.9. The van der Waals surface area contributed by atoms with Crippen LogP contribution in [0.15, 0.2) is 55.1 Å². The van der Waals surface area contributed by atoms with Crippen LogP contribution >= 0.6 is 0 Å². The van der Waals surface area contributed by atoms with Crippen molar-refractivity contribution in [3.05, 3.63) is 77.5 Å². The summed E-state index contributed by atoms with van der Waals surface area (Å²) in [6, 6.07) is 13.4. The van der Waals surface area contributed by atoms with Gasteiger partial charge in [0, 0.05) is 41.3 Å². The lowest BCUT2D eigenvalue weighted by Crippen LogP contribution is -2.21. The van der Waals surface area contributed by atoms with Crippen molar-refractivity contribution in [1.29, 1.82) is 0 Å². The van der Waals surface area contributed by atoms with E-state index in [9.17, 15) is 10.0 Å². The van der Waals surface area contributed by atoms with E-state index >= 15 is 0 Å². The van der Waals surface area contributed by atoms with Crippen LogP contribution in [0, 0.1) is 6.92 Å². The molecule has 0 fully saturated rings. The first-order valence-electron chi connectivity index (χ1n) is 10.7. The number of benzene rings is 2. The zero-order valence-electron chi connectivity index (χ0n) is 18.2. The summed E-state index contributed by atoms with van der Waals surface area (Å²) in [5.74, 6) is 1.16. The Morgan fingerprint density at radius 3 is 2.97 bits per heavy atom. The number of hydrogen-bond donors (Lipinski definition) is 3. The number of nitrogens with zero attached hydrogens (tertiary/aromatic N) is 4. The monoisotopic (exact) mass is 444 g/mol. The molecular formula is C24H24N6O3. The van der Waals surface area contributed by atoms with Crippen molar-refractivity contribution < 1.29 is 14.8 Å². The number of fused-ring (bicyclic) bond motifs is 2. The topological polar surface area (TPSA) is 103 Å². The van der Waals surface area contributed by atoms with E-state index in [1.54, 1.807) is 6.07 Å². The van der Waals surface area contributed by atoms with Gasteiger partial charge in [-0.3, -0.25) is 10.0 Å². The third-order valence-electron chi connectivity index (χ3n) is 5.77. The average Bonchev–Trinajstić information content (AvgIpc) is 3.38. The fourth-order valence-corrected chi connectivity index (χ4v) is 4.13. The Hall–Kier alpha value is -3.95. The van der Waals surface area contributed by atoms with Crippen molar-refractivity contribution in [3.63, 3.8) is 0 Å². The van der Waals surface area contributed by atoms with Crippen molar-refractivity contribution in [1.82, 2.24) is 9.97 Å². The molecule has 33 heavy (non-hydrogen) atoms. The van der Waals surface area contributed by atoms with Crippen LogP contribution in [0.2, 0.25) is 0 Å². The molecule has 1 aromatic heterocycles. The number of carbonyl (C=O) groups excluding carboxylic acids is 1. The highest BCUT2D eigenvalue weighted by Crippen LogP contribution is 2.33. The Morgan fingerprint density at radius 1 is 1.24 bits per heavy atom. The van der Waals surface area contributed by atoms with Gasteiger partial charge in [0.15, 0.2) is 0 Å². The van der Waals surface area contributed by atoms with Crippen LogP contribution in [0.5, 0.6) is 0 Å². The van der Waals surface area contributed by atoms with Gasteiger partial charge in [-0.25, -0.2) is 9.82 Å². The Kier molecular flexibility index (Phi) is 5.41. The van der Waals surface area contributed by atoms with E-state index < -0.39 is 0 Å². The summed E-state index contributed by atoms with van der Waals surface area (Å²) in [5, 5.41) is 16.6. The Labute approximate surface area is 191 Å². The van der Waals surface area contributed by atoms with Crippen LogP contribution in [-0.2, 0) is 29.2 Å². The van der Waals surface area contributed by atoms with Gasteiger partial charge in [0.1, 0.15) is 18.1 Å². The van der Waals surface area contributed by atoms with Gasteiger partial charge >= 0.3 is 0 Å². The van der Waals surface area contributed by atoms with Crippen molar-refractivity contribution in [2.75, 3.05) is 27.3 Å². The second-order valence-electron chi connectivity index (χ2n) is 8.01. The van der Waals surface area contributed by atoms with E-state index in [2.05, 4.69) is 27.1 Å². The van der Waals surface area contributed by atoms with Crippen molar-refractivity contribution >= 4 is 34.7 Å². The Morgan fingerprint density at radius 2 is 2.12 bits per heavy atom. The molecular weight excluding hydrogens is 420 g/mol. The minimum Gasteiger partial charge on any atom is -0.352 e. The van der Waals surface area contributed by atoms with Crippen molar-refractivity contribution in [2.24, 2.45) is 0 Å². The molecule has 0 saturated heterocycles. The summed E-state index contributed by atoms with van der Waals surface area (Å²) in [6.07, 6.45) is 2.13. The smallest absolute Gasteiger partial charge is 0.247 e. The van der Waals surface area contributed by atoms with E-state index in [1.165, 1.54) is 6.08 Å². The molecule has 0 saturated carbocycles. The standard InChI is InChI=1S/C24H24N6O3/c1-3-22(31)26-18-6-4-5-16(11-18)13-29-10-9-20-15(2)25-24(28-23(20)29)27-19-8-7-17-14-33-30(32)21(17)12-19/h3-8,11-12,32H,1,9-10,13-14H2,2H3,(H,26,31)(H,25,27,28). The van der Waals surface area contributed by atoms with Gasteiger partial charge in [0.05, 0.1) is 0 Å². The molecule has 0 bridgehead atoms. The third-order valence-corrected chi connectivity index (χ3v) is 5.77. The van der Waals surface area contributed by atoms with E-state index in [4.69, 9.17) is 9.82 Å². The second-order valence-corrected chi connectivity index (χ2v) is 8.01. The molecule has 3 heterocycles. The Balaban J connectivity index is 1.37. The summed E-state index contributed by atoms with van der Waals surface area (Å²) >= 11 is 0. The molecule has 9 nitrogen and oxygen atoms in total. The van der Waals surface area contributed by atoms with Crippen LogP contribution in [0.1, 0.15) is 22.4 Å². The maximum absolute atomic E-state index is 11.6. The zero-order valence-corrected chi connectivity index (χ0v) is 18.2. The minimum atomic E-state index is -0.236. The molecule has 1 amide bonds. The molecule has 5 rings (SSSR count). The number of aromatic nitrogens is 2. The molecule has 3 aromatic rings. The predicted octanol–water partition coefficient (Wildman–Crippen LogP) is 3.86. The number of hydrogen-bond acceptors (Lipinski definition) is 8. The molecule has 0 atom stereocenters. The fraction of sp³-hybridized carbons (Fsp3) is 0.208. The van der Waals surface area contributed by atoms with Gasteiger partial charge in [-0.05, 0) is 49.2 Å². The van der Waals surface area contributed by atoms with Crippen LogP contribution in [0.3, 0.4) is 0 Å². The van der Waals surface area contributed by atoms with Gasteiger partial charge in [-0.1, -0.05) is 24.8 Å². The van der Waals surface area contributed by atoms with Gasteiger partial charge in [-0.2, -0.15) is 4.98 Å². The fourth-order valence-electron chi connectivity index (χ4n) is 4.13. The largest absolute Gasteiger partial charge is 0.352 e. The van der Waals surface area contributed by atoms with E-state index in [0.29, 0.717) is 24.8 Å². The molecule has 0 aliphatic carbocycles. The summed E-state index contributed by atoms with van der Waals surface area (Å²) in [6.45, 7) is 7.33. The number of anilines is 5. The van der Waals surface area contributed by atoms with Crippen molar-refractivity contribution in [3.8, 4) is 0 Å². The molecule has 168 valence electrons. The van der Waals surface area contributed by atoms with Crippen LogP contribution in [0.4, 0.5) is 28.8 Å². The number of rotatable bonds is 6. The quantitative estimate of drug-likeness (QED) is 0.493. The van der Waals surface area contributed by atoms with Crippen LogP contribution < -0.4 is 20.8 Å². The summed E-state index contributed by atoms with van der Waals surface area (Å²) < 4.78 is 0. The maximum Gasteiger partial charge on any atom is 0.247 e. The lowest BCUT2D eigenvalue weighted by molar-refractivity contribution is -0.111. The predicted molar refractivity (Wildman–Crippen MR) is 126 cm³/mol. The van der Waals surface area contributed by atoms with Gasteiger partial charge in [0.25, 0.3) is 0 Å². The number of nitrogens with one attached hydrogen (secondary N) is 2. The van der Waals surface area contributed by atoms with Gasteiger partial charge in [-0.15, -0.1) is 5.23 Å². The molecule has 0 unspecified atom stereocenters. The van der Waals surface area contributed by atoms with E-state index in [-0.39, 0.29) is 5.91 Å². The lowest BCUT2D eigenvalue weighted by atomic mass is 10.2. The van der Waals surface area contributed by atoms with Crippen LogP contribution in [0.25, 0.3) is 0 Å².